The number of rotatable bonds is 7. The topological polar surface area (TPSA) is 97.4 Å². The summed E-state index contributed by atoms with van der Waals surface area (Å²) in [7, 11) is 0. The SMILES string of the molecule is Cc1cc2occ(CC(=O)Nc3ccccc3C(=O)NCCN)c2cc1C(C)C. The van der Waals surface area contributed by atoms with Crippen molar-refractivity contribution in [2.75, 3.05) is 18.4 Å². The zero-order valence-corrected chi connectivity index (χ0v) is 17.0. The van der Waals surface area contributed by atoms with E-state index in [0.717, 1.165) is 16.5 Å². The fourth-order valence-corrected chi connectivity index (χ4v) is 3.44. The van der Waals surface area contributed by atoms with Crippen LogP contribution in [0.4, 0.5) is 5.69 Å². The van der Waals surface area contributed by atoms with Crippen LogP contribution in [-0.2, 0) is 11.2 Å². The highest BCUT2D eigenvalue weighted by Crippen LogP contribution is 2.29. The molecule has 6 heteroatoms. The van der Waals surface area contributed by atoms with Gasteiger partial charge in [-0.25, -0.2) is 0 Å². The van der Waals surface area contributed by atoms with Gasteiger partial charge in [0.15, 0.2) is 0 Å². The number of carbonyl (C=O) groups is 2. The second-order valence-corrected chi connectivity index (χ2v) is 7.44. The maximum absolute atomic E-state index is 12.7. The molecule has 0 unspecified atom stereocenters. The van der Waals surface area contributed by atoms with E-state index in [1.54, 1.807) is 30.5 Å². The average Bonchev–Trinajstić information content (AvgIpc) is 3.06. The third-order valence-corrected chi connectivity index (χ3v) is 4.89. The molecule has 152 valence electrons. The first-order chi connectivity index (χ1) is 13.9. The molecular weight excluding hydrogens is 366 g/mol. The minimum absolute atomic E-state index is 0.159. The molecule has 0 aliphatic heterocycles. The summed E-state index contributed by atoms with van der Waals surface area (Å²) in [5.41, 5.74) is 10.3. The summed E-state index contributed by atoms with van der Waals surface area (Å²) in [5, 5.41) is 6.52. The molecule has 0 fully saturated rings. The number of carbonyl (C=O) groups excluding carboxylic acids is 2. The van der Waals surface area contributed by atoms with Crippen molar-refractivity contribution in [3.8, 4) is 0 Å². The minimum atomic E-state index is -0.267. The number of nitrogens with two attached hydrogens (primary N) is 1. The van der Waals surface area contributed by atoms with Gasteiger partial charge in [0.1, 0.15) is 5.58 Å². The van der Waals surface area contributed by atoms with Gasteiger partial charge in [-0.1, -0.05) is 26.0 Å². The molecular formula is C23H27N3O3. The molecule has 0 radical (unpaired) electrons. The largest absolute Gasteiger partial charge is 0.464 e. The highest BCUT2D eigenvalue weighted by Gasteiger charge is 2.16. The average molecular weight is 393 g/mol. The van der Waals surface area contributed by atoms with Crippen molar-refractivity contribution in [3.63, 3.8) is 0 Å². The zero-order chi connectivity index (χ0) is 21.0. The molecule has 0 atom stereocenters. The van der Waals surface area contributed by atoms with Gasteiger partial charge in [-0.2, -0.15) is 0 Å². The Labute approximate surface area is 170 Å². The molecule has 0 saturated heterocycles. The number of benzene rings is 2. The summed E-state index contributed by atoms with van der Waals surface area (Å²) in [6.45, 7) is 7.09. The van der Waals surface area contributed by atoms with Crippen LogP contribution in [0.1, 0.15) is 46.8 Å². The number of hydrogen-bond acceptors (Lipinski definition) is 4. The van der Waals surface area contributed by atoms with E-state index >= 15 is 0 Å². The van der Waals surface area contributed by atoms with Gasteiger partial charge in [0.05, 0.1) is 23.9 Å². The Kier molecular flexibility index (Phi) is 6.34. The van der Waals surface area contributed by atoms with Gasteiger partial charge >= 0.3 is 0 Å². The van der Waals surface area contributed by atoms with Crippen LogP contribution >= 0.6 is 0 Å². The molecule has 0 aliphatic carbocycles. The summed E-state index contributed by atoms with van der Waals surface area (Å²) in [5.74, 6) is -0.0921. The van der Waals surface area contributed by atoms with Crippen LogP contribution in [0.25, 0.3) is 11.0 Å². The second kappa shape index (κ2) is 8.92. The first-order valence-corrected chi connectivity index (χ1v) is 9.78. The Balaban J connectivity index is 1.80. The lowest BCUT2D eigenvalue weighted by molar-refractivity contribution is -0.115. The van der Waals surface area contributed by atoms with E-state index in [2.05, 4.69) is 37.5 Å². The number of furan rings is 1. The Hall–Kier alpha value is -3.12. The van der Waals surface area contributed by atoms with E-state index in [4.69, 9.17) is 10.2 Å². The molecule has 2 aromatic carbocycles. The first-order valence-electron chi connectivity index (χ1n) is 9.78. The number of para-hydroxylation sites is 1. The second-order valence-electron chi connectivity index (χ2n) is 7.44. The lowest BCUT2D eigenvalue weighted by Crippen LogP contribution is -2.30. The smallest absolute Gasteiger partial charge is 0.253 e. The van der Waals surface area contributed by atoms with Gasteiger partial charge in [-0.05, 0) is 48.2 Å². The van der Waals surface area contributed by atoms with E-state index < -0.39 is 0 Å². The van der Waals surface area contributed by atoms with Gasteiger partial charge in [0.25, 0.3) is 5.91 Å². The molecule has 3 rings (SSSR count). The highest BCUT2D eigenvalue weighted by atomic mass is 16.3. The van der Waals surface area contributed by atoms with Crippen molar-refractivity contribution in [2.45, 2.75) is 33.1 Å². The molecule has 0 saturated carbocycles. The van der Waals surface area contributed by atoms with Gasteiger partial charge < -0.3 is 20.8 Å². The monoisotopic (exact) mass is 393 g/mol. The number of fused-ring (bicyclic) bond motifs is 1. The molecule has 6 nitrogen and oxygen atoms in total. The summed E-state index contributed by atoms with van der Waals surface area (Å²) < 4.78 is 5.67. The number of nitrogens with one attached hydrogen (secondary N) is 2. The van der Waals surface area contributed by atoms with Crippen LogP contribution < -0.4 is 16.4 Å². The minimum Gasteiger partial charge on any atom is -0.464 e. The van der Waals surface area contributed by atoms with Crippen LogP contribution in [0.2, 0.25) is 0 Å². The maximum atomic E-state index is 12.7. The molecule has 29 heavy (non-hydrogen) atoms. The van der Waals surface area contributed by atoms with Crippen LogP contribution in [0.15, 0.2) is 47.1 Å². The van der Waals surface area contributed by atoms with Crippen molar-refractivity contribution in [1.29, 1.82) is 0 Å². The highest BCUT2D eigenvalue weighted by molar-refractivity contribution is 6.04. The number of hydrogen-bond donors (Lipinski definition) is 3. The summed E-state index contributed by atoms with van der Waals surface area (Å²) in [6, 6.07) is 11.0. The lowest BCUT2D eigenvalue weighted by atomic mass is 9.95. The molecule has 4 N–H and O–H groups in total. The summed E-state index contributed by atoms with van der Waals surface area (Å²) in [4.78, 5) is 25.0. The van der Waals surface area contributed by atoms with Crippen molar-refractivity contribution in [2.24, 2.45) is 5.73 Å². The predicted octanol–water partition coefficient (Wildman–Crippen LogP) is 3.73. The molecule has 1 aromatic heterocycles. The van der Waals surface area contributed by atoms with E-state index in [-0.39, 0.29) is 18.2 Å². The Morgan fingerprint density at radius 2 is 1.93 bits per heavy atom. The van der Waals surface area contributed by atoms with Crippen molar-refractivity contribution >= 4 is 28.5 Å². The van der Waals surface area contributed by atoms with E-state index in [9.17, 15) is 9.59 Å². The van der Waals surface area contributed by atoms with Crippen molar-refractivity contribution in [3.05, 3.63) is 64.9 Å². The standard InChI is InChI=1S/C23H27N3O3/c1-14(2)18-12-19-16(13-29-21(19)10-15(18)3)11-22(27)26-20-7-5-4-6-17(20)23(28)25-9-8-24/h4-7,10,12-14H,8-9,11,24H2,1-3H3,(H,25,28)(H,26,27). The van der Waals surface area contributed by atoms with Gasteiger partial charge in [-0.3, -0.25) is 9.59 Å². The van der Waals surface area contributed by atoms with Crippen LogP contribution in [0.3, 0.4) is 0 Å². The first kappa shape index (κ1) is 20.6. The van der Waals surface area contributed by atoms with E-state index in [0.29, 0.717) is 30.3 Å². The quantitative estimate of drug-likeness (QED) is 0.570. The number of anilines is 1. The number of amides is 2. The predicted molar refractivity (Wildman–Crippen MR) is 115 cm³/mol. The molecule has 1 heterocycles. The maximum Gasteiger partial charge on any atom is 0.253 e. The zero-order valence-electron chi connectivity index (χ0n) is 17.0. The fraction of sp³-hybridized carbons (Fsp3) is 0.304. The molecule has 0 spiro atoms. The molecule has 3 aromatic rings. The molecule has 2 amide bonds. The summed E-state index contributed by atoms with van der Waals surface area (Å²) in [6.07, 6.45) is 1.79. The fourth-order valence-electron chi connectivity index (χ4n) is 3.44. The third-order valence-electron chi connectivity index (χ3n) is 4.89. The molecule has 0 aliphatic rings. The third kappa shape index (κ3) is 4.66. The van der Waals surface area contributed by atoms with E-state index in [1.807, 2.05) is 6.07 Å². The Morgan fingerprint density at radius 1 is 1.17 bits per heavy atom. The Morgan fingerprint density at radius 3 is 2.66 bits per heavy atom. The van der Waals surface area contributed by atoms with Crippen LogP contribution in [0, 0.1) is 6.92 Å². The summed E-state index contributed by atoms with van der Waals surface area (Å²) >= 11 is 0. The number of aryl methyl sites for hydroxylation is 1. The van der Waals surface area contributed by atoms with Crippen molar-refractivity contribution in [1.82, 2.24) is 5.32 Å². The normalized spacial score (nSPS) is 11.1. The van der Waals surface area contributed by atoms with Crippen molar-refractivity contribution < 1.29 is 14.0 Å². The van der Waals surface area contributed by atoms with Gasteiger partial charge in [0, 0.05) is 24.0 Å². The van der Waals surface area contributed by atoms with Crippen LogP contribution in [0.5, 0.6) is 0 Å². The Bertz CT molecular complexity index is 1040. The van der Waals surface area contributed by atoms with E-state index in [1.165, 1.54) is 11.1 Å². The van der Waals surface area contributed by atoms with Gasteiger partial charge in [0.2, 0.25) is 5.91 Å². The van der Waals surface area contributed by atoms with Crippen LogP contribution in [-0.4, -0.2) is 24.9 Å². The lowest BCUT2D eigenvalue weighted by Gasteiger charge is -2.11. The van der Waals surface area contributed by atoms with Gasteiger partial charge in [-0.15, -0.1) is 0 Å². The molecule has 0 bridgehead atoms.